The van der Waals surface area contributed by atoms with E-state index in [4.69, 9.17) is 11.6 Å². The van der Waals surface area contributed by atoms with Crippen LogP contribution in [0.4, 0.5) is 5.82 Å². The molecule has 0 aliphatic heterocycles. The maximum absolute atomic E-state index is 12.3. The van der Waals surface area contributed by atoms with Gasteiger partial charge in [-0.1, -0.05) is 30.7 Å². The molecule has 0 saturated heterocycles. The van der Waals surface area contributed by atoms with Gasteiger partial charge in [0.1, 0.15) is 5.82 Å². The molecule has 0 aliphatic rings. The Labute approximate surface area is 158 Å². The van der Waals surface area contributed by atoms with Crippen molar-refractivity contribution in [1.82, 2.24) is 20.0 Å². The highest BCUT2D eigenvalue weighted by Crippen LogP contribution is 2.23. The van der Waals surface area contributed by atoms with E-state index in [1.54, 1.807) is 34.8 Å². The van der Waals surface area contributed by atoms with Crippen LogP contribution in [0.25, 0.3) is 11.3 Å². The van der Waals surface area contributed by atoms with Crippen molar-refractivity contribution in [2.45, 2.75) is 13.8 Å². The summed E-state index contributed by atoms with van der Waals surface area (Å²) in [5, 5.41) is 10.7. The molecule has 1 aromatic carbocycles. The van der Waals surface area contributed by atoms with Gasteiger partial charge in [0.05, 0.1) is 18.8 Å². The lowest BCUT2D eigenvalue weighted by Crippen LogP contribution is -2.41. The fourth-order valence-electron chi connectivity index (χ4n) is 2.47. The molecule has 0 atom stereocenters. The van der Waals surface area contributed by atoms with Crippen LogP contribution < -0.4 is 10.6 Å². The third kappa shape index (κ3) is 5.57. The number of rotatable bonds is 8. The molecule has 0 bridgehead atoms. The molecule has 26 heavy (non-hydrogen) atoms. The number of nitrogens with zero attached hydrogens (tertiary/aromatic N) is 3. The van der Waals surface area contributed by atoms with Gasteiger partial charge >= 0.3 is 0 Å². The van der Waals surface area contributed by atoms with E-state index in [0.717, 1.165) is 11.3 Å². The van der Waals surface area contributed by atoms with Crippen LogP contribution in [-0.2, 0) is 16.6 Å². The Balaban J connectivity index is 2.00. The van der Waals surface area contributed by atoms with E-state index in [1.165, 1.54) is 0 Å². The molecule has 7 nitrogen and oxygen atoms in total. The van der Waals surface area contributed by atoms with Crippen LogP contribution in [0.2, 0.25) is 5.02 Å². The predicted octanol–water partition coefficient (Wildman–Crippen LogP) is 2.14. The number of aryl methyl sites for hydroxylation is 1. The summed E-state index contributed by atoms with van der Waals surface area (Å²) < 4.78 is 1.61. The Hall–Kier alpha value is -2.38. The standard InChI is InChI=1S/C18H24ClN5O2/c1-4-20-17(25)11-24(5-2)12-18(26)21-16-10-15(22-23(16)3)13-6-8-14(19)9-7-13/h6-10H,4-5,11-12H2,1-3H3,(H,20,25)(H,21,26). The molecule has 2 rings (SSSR count). The molecule has 140 valence electrons. The third-order valence-corrected chi connectivity index (χ3v) is 4.09. The zero-order valence-corrected chi connectivity index (χ0v) is 16.0. The smallest absolute Gasteiger partial charge is 0.239 e. The number of carbonyl (C=O) groups excluding carboxylic acids is 2. The average Bonchev–Trinajstić information content (AvgIpc) is 2.95. The minimum atomic E-state index is -0.193. The normalized spacial score (nSPS) is 10.8. The lowest BCUT2D eigenvalue weighted by Gasteiger charge is -2.19. The van der Waals surface area contributed by atoms with Crippen LogP contribution in [0.3, 0.4) is 0 Å². The van der Waals surface area contributed by atoms with E-state index in [1.807, 2.05) is 26.0 Å². The van der Waals surface area contributed by atoms with Crippen molar-refractivity contribution in [3.63, 3.8) is 0 Å². The molecule has 0 saturated carbocycles. The van der Waals surface area contributed by atoms with Gasteiger partial charge in [-0.3, -0.25) is 19.2 Å². The summed E-state index contributed by atoms with van der Waals surface area (Å²) in [4.78, 5) is 25.8. The van der Waals surface area contributed by atoms with Crippen molar-refractivity contribution in [2.75, 3.05) is 31.5 Å². The molecule has 1 aromatic heterocycles. The first-order chi connectivity index (χ1) is 12.4. The van der Waals surface area contributed by atoms with Crippen LogP contribution >= 0.6 is 11.6 Å². The van der Waals surface area contributed by atoms with Crippen molar-refractivity contribution in [1.29, 1.82) is 0 Å². The summed E-state index contributed by atoms with van der Waals surface area (Å²) in [6, 6.07) is 9.15. The number of hydrogen-bond donors (Lipinski definition) is 2. The summed E-state index contributed by atoms with van der Waals surface area (Å²) in [6.45, 7) is 5.28. The molecule has 2 amide bonds. The second-order valence-corrected chi connectivity index (χ2v) is 6.29. The van der Waals surface area contributed by atoms with Crippen LogP contribution in [0.1, 0.15) is 13.8 Å². The zero-order chi connectivity index (χ0) is 19.1. The van der Waals surface area contributed by atoms with E-state index in [9.17, 15) is 9.59 Å². The minimum absolute atomic E-state index is 0.0901. The van der Waals surface area contributed by atoms with Crippen molar-refractivity contribution in [3.8, 4) is 11.3 Å². The first-order valence-corrected chi connectivity index (χ1v) is 8.89. The van der Waals surface area contributed by atoms with E-state index in [-0.39, 0.29) is 24.9 Å². The summed E-state index contributed by atoms with van der Waals surface area (Å²) in [7, 11) is 1.77. The van der Waals surface area contributed by atoms with Crippen molar-refractivity contribution < 1.29 is 9.59 Å². The van der Waals surface area contributed by atoms with Gasteiger partial charge in [-0.05, 0) is 25.6 Å². The van der Waals surface area contributed by atoms with Gasteiger partial charge in [0, 0.05) is 30.2 Å². The highest BCUT2D eigenvalue weighted by molar-refractivity contribution is 6.30. The molecule has 0 fully saturated rings. The van der Waals surface area contributed by atoms with Gasteiger partial charge in [0.15, 0.2) is 0 Å². The van der Waals surface area contributed by atoms with E-state index >= 15 is 0 Å². The van der Waals surface area contributed by atoms with Gasteiger partial charge in [0.25, 0.3) is 0 Å². The lowest BCUT2D eigenvalue weighted by atomic mass is 10.1. The maximum Gasteiger partial charge on any atom is 0.239 e. The Morgan fingerprint density at radius 3 is 2.42 bits per heavy atom. The average molecular weight is 378 g/mol. The minimum Gasteiger partial charge on any atom is -0.355 e. The number of anilines is 1. The van der Waals surface area contributed by atoms with Crippen LogP contribution in [0.5, 0.6) is 0 Å². The van der Waals surface area contributed by atoms with Crippen LogP contribution in [0.15, 0.2) is 30.3 Å². The molecular weight excluding hydrogens is 354 g/mol. The van der Waals surface area contributed by atoms with Crippen molar-refractivity contribution >= 4 is 29.2 Å². The highest BCUT2D eigenvalue weighted by Gasteiger charge is 2.15. The van der Waals surface area contributed by atoms with Gasteiger partial charge in [-0.15, -0.1) is 0 Å². The summed E-state index contributed by atoms with van der Waals surface area (Å²) in [5.41, 5.74) is 1.66. The first kappa shape index (κ1) is 19.9. The van der Waals surface area contributed by atoms with Crippen molar-refractivity contribution in [2.24, 2.45) is 7.05 Å². The largest absolute Gasteiger partial charge is 0.355 e. The molecular formula is C18H24ClN5O2. The Bertz CT molecular complexity index is 757. The molecule has 8 heteroatoms. The Kier molecular flexibility index (Phi) is 7.17. The molecule has 0 spiro atoms. The molecule has 2 N–H and O–H groups in total. The number of carbonyl (C=O) groups is 2. The number of amides is 2. The van der Waals surface area contributed by atoms with Gasteiger partial charge in [0.2, 0.25) is 11.8 Å². The highest BCUT2D eigenvalue weighted by atomic mass is 35.5. The number of hydrogen-bond acceptors (Lipinski definition) is 4. The number of halogens is 1. The molecule has 0 aliphatic carbocycles. The monoisotopic (exact) mass is 377 g/mol. The summed E-state index contributed by atoms with van der Waals surface area (Å²) >= 11 is 5.91. The quantitative estimate of drug-likeness (QED) is 0.738. The van der Waals surface area contributed by atoms with Gasteiger partial charge < -0.3 is 10.6 Å². The molecule has 0 radical (unpaired) electrons. The molecule has 1 heterocycles. The number of aromatic nitrogens is 2. The third-order valence-electron chi connectivity index (χ3n) is 3.84. The van der Waals surface area contributed by atoms with Crippen LogP contribution in [0, 0.1) is 0 Å². The number of benzene rings is 1. The fourth-order valence-corrected chi connectivity index (χ4v) is 2.59. The summed E-state index contributed by atoms with van der Waals surface area (Å²) in [6.07, 6.45) is 0. The predicted molar refractivity (Wildman–Crippen MR) is 103 cm³/mol. The Morgan fingerprint density at radius 1 is 1.15 bits per heavy atom. The van der Waals surface area contributed by atoms with Gasteiger partial charge in [-0.25, -0.2) is 0 Å². The topological polar surface area (TPSA) is 79.3 Å². The van der Waals surface area contributed by atoms with E-state index in [2.05, 4.69) is 15.7 Å². The second kappa shape index (κ2) is 9.35. The van der Waals surface area contributed by atoms with Crippen LogP contribution in [-0.4, -0.2) is 52.7 Å². The fraction of sp³-hybridized carbons (Fsp3) is 0.389. The van der Waals surface area contributed by atoms with Crippen molar-refractivity contribution in [3.05, 3.63) is 35.4 Å². The zero-order valence-electron chi connectivity index (χ0n) is 15.3. The summed E-state index contributed by atoms with van der Waals surface area (Å²) in [5.74, 6) is 0.309. The number of likely N-dealkylation sites (N-methyl/N-ethyl adjacent to an activating group) is 2. The lowest BCUT2D eigenvalue weighted by molar-refractivity contribution is -0.123. The number of nitrogens with one attached hydrogen (secondary N) is 2. The molecule has 0 unspecified atom stereocenters. The maximum atomic E-state index is 12.3. The Morgan fingerprint density at radius 2 is 1.81 bits per heavy atom. The van der Waals surface area contributed by atoms with E-state index in [0.29, 0.717) is 23.9 Å². The SMILES string of the molecule is CCNC(=O)CN(CC)CC(=O)Nc1cc(-c2ccc(Cl)cc2)nn1C. The molecule has 2 aromatic rings. The van der Waals surface area contributed by atoms with Gasteiger partial charge in [-0.2, -0.15) is 5.10 Å². The van der Waals surface area contributed by atoms with E-state index < -0.39 is 0 Å². The first-order valence-electron chi connectivity index (χ1n) is 8.51. The second-order valence-electron chi connectivity index (χ2n) is 5.85.